The van der Waals surface area contributed by atoms with Crippen LogP contribution in [-0.4, -0.2) is 140 Å². The van der Waals surface area contributed by atoms with Crippen molar-refractivity contribution in [3.63, 3.8) is 0 Å². The molecule has 0 saturated carbocycles. The van der Waals surface area contributed by atoms with Crippen LogP contribution in [0.1, 0.15) is 61.3 Å². The molecule has 2 rings (SSSR count). The zero-order chi connectivity index (χ0) is 36.0. The molecular formula is C31H62N2O14Si2. The Balaban J connectivity index is 1.99. The van der Waals surface area contributed by atoms with E-state index in [0.29, 0.717) is 90.9 Å². The van der Waals surface area contributed by atoms with Crippen LogP contribution in [0.3, 0.4) is 0 Å². The number of nitrogens with one attached hydrogen (secondary N) is 2. The second-order valence-electron chi connectivity index (χ2n) is 11.5. The number of amides is 2. The van der Waals surface area contributed by atoms with Crippen molar-refractivity contribution in [3.8, 4) is 0 Å². The van der Waals surface area contributed by atoms with E-state index >= 15 is 0 Å². The quantitative estimate of drug-likeness (QED) is 0.0457. The third-order valence-corrected chi connectivity index (χ3v) is 13.8. The molecule has 2 heterocycles. The number of carbonyl (C=O) groups excluding carboxylic acids is 2. The van der Waals surface area contributed by atoms with Gasteiger partial charge in [-0.15, -0.1) is 0 Å². The number of ether oxygens (including phenoxy) is 6. The number of alkyl carbamates (subject to hydrolysis) is 2. The predicted molar refractivity (Wildman–Crippen MR) is 182 cm³/mol. The van der Waals surface area contributed by atoms with E-state index in [9.17, 15) is 9.59 Å². The highest BCUT2D eigenvalue weighted by atomic mass is 28.4. The van der Waals surface area contributed by atoms with Gasteiger partial charge >= 0.3 is 29.8 Å². The SMILES string of the molecule is CCO[Si](CCCNC(=O)OCC(C)C(COCC1CO1)(OCC1CO1)OC(=O)NCCC[Si](OCC)(OCC)OCC)(OCC)OCC. The van der Waals surface area contributed by atoms with E-state index in [-0.39, 0.29) is 38.6 Å². The molecule has 4 unspecified atom stereocenters. The van der Waals surface area contributed by atoms with Crippen LogP contribution in [0.5, 0.6) is 0 Å². The van der Waals surface area contributed by atoms with Gasteiger partial charge in [-0.05, 0) is 54.4 Å². The highest BCUT2D eigenvalue weighted by Gasteiger charge is 2.46. The van der Waals surface area contributed by atoms with E-state index in [1.165, 1.54) is 0 Å². The summed E-state index contributed by atoms with van der Waals surface area (Å²) in [5.41, 5.74) is 0. The summed E-state index contributed by atoms with van der Waals surface area (Å²) in [6, 6.07) is 1.08. The van der Waals surface area contributed by atoms with E-state index < -0.39 is 41.5 Å². The largest absolute Gasteiger partial charge is 0.500 e. The number of rotatable bonds is 31. The Kier molecular flexibility index (Phi) is 21.4. The first-order valence-corrected chi connectivity index (χ1v) is 21.7. The van der Waals surface area contributed by atoms with Crippen LogP contribution in [0.15, 0.2) is 0 Å². The second kappa shape index (κ2) is 23.9. The van der Waals surface area contributed by atoms with Crippen molar-refractivity contribution in [1.82, 2.24) is 10.6 Å². The van der Waals surface area contributed by atoms with Crippen LogP contribution in [-0.2, 0) is 55.0 Å². The van der Waals surface area contributed by atoms with Gasteiger partial charge < -0.3 is 65.6 Å². The topological polar surface area (TPSA) is 176 Å². The lowest BCUT2D eigenvalue weighted by molar-refractivity contribution is -0.263. The third-order valence-electron chi connectivity index (χ3n) is 7.45. The lowest BCUT2D eigenvalue weighted by Gasteiger charge is -2.37. The normalized spacial score (nSPS) is 19.2. The lowest BCUT2D eigenvalue weighted by Crippen LogP contribution is -2.52. The Bertz CT molecular complexity index is 883. The zero-order valence-corrected chi connectivity index (χ0v) is 32.7. The van der Waals surface area contributed by atoms with E-state index in [0.717, 1.165) is 0 Å². The molecule has 0 radical (unpaired) electrons. The lowest BCUT2D eigenvalue weighted by atomic mass is 10.0. The van der Waals surface area contributed by atoms with Crippen LogP contribution in [0.25, 0.3) is 0 Å². The molecule has 2 saturated heterocycles. The van der Waals surface area contributed by atoms with Crippen LogP contribution in [0.2, 0.25) is 12.1 Å². The van der Waals surface area contributed by atoms with Gasteiger partial charge in [0.1, 0.15) is 25.4 Å². The fourth-order valence-electron chi connectivity index (χ4n) is 4.95. The molecular weight excluding hydrogens is 681 g/mol. The molecule has 0 aromatic carbocycles. The van der Waals surface area contributed by atoms with Crippen LogP contribution in [0, 0.1) is 5.92 Å². The molecule has 4 atom stereocenters. The number of epoxide rings is 2. The summed E-state index contributed by atoms with van der Waals surface area (Å²) in [5.74, 6) is -2.20. The van der Waals surface area contributed by atoms with E-state index in [1.54, 1.807) is 6.92 Å². The van der Waals surface area contributed by atoms with Gasteiger partial charge in [0.15, 0.2) is 0 Å². The smallest absolute Gasteiger partial charge is 0.449 e. The minimum atomic E-state index is -2.86. The monoisotopic (exact) mass is 742 g/mol. The Morgan fingerprint density at radius 1 is 0.714 bits per heavy atom. The van der Waals surface area contributed by atoms with E-state index in [4.69, 9.17) is 55.0 Å². The molecule has 0 aromatic heterocycles. The third kappa shape index (κ3) is 17.1. The number of hydrogen-bond acceptors (Lipinski definition) is 14. The van der Waals surface area contributed by atoms with Crippen molar-refractivity contribution in [2.75, 3.05) is 92.4 Å². The fourth-order valence-corrected chi connectivity index (χ4v) is 10.2. The predicted octanol–water partition coefficient (Wildman–Crippen LogP) is 3.48. The zero-order valence-electron chi connectivity index (χ0n) is 30.7. The molecule has 18 heteroatoms. The van der Waals surface area contributed by atoms with Gasteiger partial charge in [0.05, 0.1) is 32.3 Å². The summed E-state index contributed by atoms with van der Waals surface area (Å²) >= 11 is 0. The summed E-state index contributed by atoms with van der Waals surface area (Å²) < 4.78 is 69.6. The van der Waals surface area contributed by atoms with E-state index in [2.05, 4.69) is 10.6 Å². The summed E-state index contributed by atoms with van der Waals surface area (Å²) in [5, 5.41) is 5.57. The van der Waals surface area contributed by atoms with Crippen molar-refractivity contribution >= 4 is 29.8 Å². The molecule has 2 fully saturated rings. The highest BCUT2D eigenvalue weighted by Crippen LogP contribution is 2.29. The summed E-state index contributed by atoms with van der Waals surface area (Å²) in [7, 11) is -5.68. The van der Waals surface area contributed by atoms with Crippen molar-refractivity contribution in [1.29, 1.82) is 0 Å². The highest BCUT2D eigenvalue weighted by molar-refractivity contribution is 6.61. The van der Waals surface area contributed by atoms with Gasteiger partial charge in [-0.2, -0.15) is 0 Å². The molecule has 2 amide bonds. The van der Waals surface area contributed by atoms with Gasteiger partial charge in [0, 0.05) is 64.8 Å². The first-order valence-electron chi connectivity index (χ1n) is 17.8. The molecule has 2 aliphatic heterocycles. The summed E-state index contributed by atoms with van der Waals surface area (Å²) in [6.45, 7) is 18.0. The Hall–Kier alpha value is -1.43. The number of hydrogen-bond donors (Lipinski definition) is 2. The van der Waals surface area contributed by atoms with Crippen LogP contribution in [0.4, 0.5) is 9.59 Å². The average molecular weight is 743 g/mol. The Labute approximate surface area is 294 Å². The van der Waals surface area contributed by atoms with Gasteiger partial charge in [0.25, 0.3) is 0 Å². The van der Waals surface area contributed by atoms with Gasteiger partial charge in [0.2, 0.25) is 5.79 Å². The molecule has 0 aromatic rings. The Morgan fingerprint density at radius 2 is 1.14 bits per heavy atom. The first kappa shape index (κ1) is 43.7. The average Bonchev–Trinajstić information content (AvgIpc) is 4.00. The molecule has 0 spiro atoms. The minimum absolute atomic E-state index is 0.0175. The number of carbonyl (C=O) groups is 2. The molecule has 288 valence electrons. The standard InChI is InChI=1S/C31H62N2O14Si2/c1-8-41-48(42-9-2,43-10-3)18-14-16-32-29(34)39-20-26(7)31(40-24-28-23-38-28,25-36-21-27-22-37-27)47-30(35)33-17-15-19-49(44-11-4,45-12-5)46-13-6/h26-28H,8-25H2,1-7H3,(H,32,34)(H,33,35). The van der Waals surface area contributed by atoms with Crippen LogP contribution >= 0.6 is 0 Å². The summed E-state index contributed by atoms with van der Waals surface area (Å²) in [6.07, 6.45) is -0.344. The summed E-state index contributed by atoms with van der Waals surface area (Å²) in [4.78, 5) is 25.9. The maximum Gasteiger partial charge on any atom is 0.500 e. The maximum atomic E-state index is 13.2. The molecule has 2 N–H and O–H groups in total. The van der Waals surface area contributed by atoms with Gasteiger partial charge in [-0.3, -0.25) is 0 Å². The molecule has 0 aliphatic carbocycles. The molecule has 49 heavy (non-hydrogen) atoms. The second-order valence-corrected chi connectivity index (χ2v) is 16.9. The van der Waals surface area contributed by atoms with Gasteiger partial charge in [-0.25, -0.2) is 9.59 Å². The maximum absolute atomic E-state index is 13.2. The van der Waals surface area contributed by atoms with E-state index in [1.807, 2.05) is 41.5 Å². The van der Waals surface area contributed by atoms with Crippen molar-refractivity contribution in [3.05, 3.63) is 0 Å². The Morgan fingerprint density at radius 3 is 1.57 bits per heavy atom. The van der Waals surface area contributed by atoms with Gasteiger partial charge in [-0.1, -0.05) is 6.92 Å². The fraction of sp³-hybridized carbons (Fsp3) is 0.935. The van der Waals surface area contributed by atoms with Crippen LogP contribution < -0.4 is 10.6 Å². The van der Waals surface area contributed by atoms with Crippen molar-refractivity contribution in [2.24, 2.45) is 5.92 Å². The molecule has 2 aliphatic rings. The van der Waals surface area contributed by atoms with Crippen molar-refractivity contribution < 1.29 is 64.6 Å². The molecule has 16 nitrogen and oxygen atoms in total. The van der Waals surface area contributed by atoms with Crippen molar-refractivity contribution in [2.45, 2.75) is 91.4 Å². The minimum Gasteiger partial charge on any atom is -0.449 e. The first-order chi connectivity index (χ1) is 23.6. The molecule has 0 bridgehead atoms.